The first-order chi connectivity index (χ1) is 11.2. The molecule has 23 heavy (non-hydrogen) atoms. The van der Waals surface area contributed by atoms with Crippen LogP contribution in [-0.2, 0) is 15.6 Å². The van der Waals surface area contributed by atoms with Gasteiger partial charge in [0.1, 0.15) is 13.2 Å². The molecule has 6 heteroatoms. The van der Waals surface area contributed by atoms with Crippen LogP contribution in [0.25, 0.3) is 0 Å². The maximum absolute atomic E-state index is 12.3. The normalized spacial score (nSPS) is 18.6. The van der Waals surface area contributed by atoms with Crippen molar-refractivity contribution < 1.29 is 18.5 Å². The summed E-state index contributed by atoms with van der Waals surface area (Å²) in [6.07, 6.45) is 5.25. The van der Waals surface area contributed by atoms with Crippen LogP contribution < -0.4 is 14.8 Å². The van der Waals surface area contributed by atoms with Crippen molar-refractivity contribution in [3.63, 3.8) is 0 Å². The molecule has 1 aliphatic carbocycles. The Kier molecular flexibility index (Phi) is 5.54. The number of hydrogen-bond acceptors (Lipinski definition) is 4. The van der Waals surface area contributed by atoms with E-state index in [0.717, 1.165) is 6.54 Å². The van der Waals surface area contributed by atoms with Gasteiger partial charge in [0, 0.05) is 29.7 Å². The highest BCUT2D eigenvalue weighted by atomic mass is 32.2. The van der Waals surface area contributed by atoms with Crippen LogP contribution >= 0.6 is 0 Å². The third-order valence-corrected chi connectivity index (χ3v) is 5.71. The first-order valence-corrected chi connectivity index (χ1v) is 9.59. The summed E-state index contributed by atoms with van der Waals surface area (Å²) in [7, 11) is -1.20. The van der Waals surface area contributed by atoms with E-state index < -0.39 is 10.8 Å². The maximum atomic E-state index is 12.3. The maximum Gasteiger partial charge on any atom is 0.220 e. The average molecular weight is 337 g/mol. The molecule has 1 N–H and O–H groups in total. The largest absolute Gasteiger partial charge is 0.486 e. The van der Waals surface area contributed by atoms with E-state index in [2.05, 4.69) is 5.32 Å². The summed E-state index contributed by atoms with van der Waals surface area (Å²) < 4.78 is 23.3. The predicted molar refractivity (Wildman–Crippen MR) is 88.3 cm³/mol. The molecule has 1 atom stereocenters. The van der Waals surface area contributed by atoms with Crippen LogP contribution in [0, 0.1) is 5.92 Å². The number of ether oxygens (including phenoxy) is 2. The van der Waals surface area contributed by atoms with Crippen molar-refractivity contribution in [3.05, 3.63) is 18.2 Å². The fourth-order valence-electron chi connectivity index (χ4n) is 3.03. The van der Waals surface area contributed by atoms with Gasteiger partial charge in [0.25, 0.3) is 0 Å². The lowest BCUT2D eigenvalue weighted by molar-refractivity contribution is -0.120. The minimum absolute atomic E-state index is 0.0113. The molecular weight excluding hydrogens is 314 g/mol. The van der Waals surface area contributed by atoms with Crippen molar-refractivity contribution in [1.29, 1.82) is 0 Å². The van der Waals surface area contributed by atoms with Crippen LogP contribution in [-0.4, -0.2) is 35.6 Å². The number of benzene rings is 1. The van der Waals surface area contributed by atoms with E-state index in [9.17, 15) is 9.00 Å². The molecule has 1 heterocycles. The molecule has 1 aromatic carbocycles. The third-order valence-electron chi connectivity index (χ3n) is 4.35. The van der Waals surface area contributed by atoms with E-state index in [0.29, 0.717) is 41.3 Å². The van der Waals surface area contributed by atoms with Crippen molar-refractivity contribution in [1.82, 2.24) is 5.32 Å². The number of fused-ring (bicyclic) bond motifs is 1. The fraction of sp³-hybridized carbons (Fsp3) is 0.588. The first kappa shape index (κ1) is 16.3. The molecule has 0 aromatic heterocycles. The van der Waals surface area contributed by atoms with Gasteiger partial charge in [-0.1, -0.05) is 12.8 Å². The molecule has 0 spiro atoms. The van der Waals surface area contributed by atoms with E-state index in [1.165, 1.54) is 25.7 Å². The second-order valence-electron chi connectivity index (χ2n) is 6.06. The second kappa shape index (κ2) is 7.81. The van der Waals surface area contributed by atoms with Crippen LogP contribution in [0.4, 0.5) is 0 Å². The van der Waals surface area contributed by atoms with Gasteiger partial charge in [-0.3, -0.25) is 9.00 Å². The van der Waals surface area contributed by atoms with Crippen LogP contribution in [0.3, 0.4) is 0 Å². The summed E-state index contributed by atoms with van der Waals surface area (Å²) in [5, 5.41) is 2.96. The molecule has 3 rings (SSSR count). The topological polar surface area (TPSA) is 64.6 Å². The molecule has 0 radical (unpaired) electrons. The van der Waals surface area contributed by atoms with Gasteiger partial charge >= 0.3 is 0 Å². The van der Waals surface area contributed by atoms with Crippen LogP contribution in [0.5, 0.6) is 11.5 Å². The van der Waals surface area contributed by atoms with Crippen molar-refractivity contribution in [2.45, 2.75) is 37.0 Å². The highest BCUT2D eigenvalue weighted by Crippen LogP contribution is 2.31. The summed E-state index contributed by atoms with van der Waals surface area (Å²) in [5.74, 6) is 2.26. The number of nitrogens with one attached hydrogen (secondary N) is 1. The number of amides is 1. The highest BCUT2D eigenvalue weighted by molar-refractivity contribution is 7.85. The molecule has 0 bridgehead atoms. The molecule has 1 unspecified atom stereocenters. The van der Waals surface area contributed by atoms with Crippen molar-refractivity contribution >= 4 is 16.7 Å². The van der Waals surface area contributed by atoms with Crippen LogP contribution in [0.15, 0.2) is 23.1 Å². The lowest BCUT2D eigenvalue weighted by Crippen LogP contribution is -2.29. The molecule has 1 aliphatic heterocycles. The lowest BCUT2D eigenvalue weighted by atomic mass is 10.1. The fourth-order valence-corrected chi connectivity index (χ4v) is 4.09. The second-order valence-corrected chi connectivity index (χ2v) is 7.63. The lowest BCUT2D eigenvalue weighted by Gasteiger charge is -2.18. The number of carbonyl (C=O) groups is 1. The third kappa shape index (κ3) is 4.47. The summed E-state index contributed by atoms with van der Waals surface area (Å²) >= 11 is 0. The number of hydrogen-bond donors (Lipinski definition) is 1. The van der Waals surface area contributed by atoms with E-state index in [1.807, 2.05) is 0 Å². The van der Waals surface area contributed by atoms with Crippen molar-refractivity contribution in [2.75, 3.05) is 25.5 Å². The zero-order valence-corrected chi connectivity index (χ0v) is 14.0. The summed E-state index contributed by atoms with van der Waals surface area (Å²) in [6, 6.07) is 5.31. The Hall–Kier alpha value is -1.56. The Morgan fingerprint density at radius 1 is 1.17 bits per heavy atom. The minimum Gasteiger partial charge on any atom is -0.486 e. The molecule has 5 nitrogen and oxygen atoms in total. The van der Waals surface area contributed by atoms with E-state index in [4.69, 9.17) is 9.47 Å². The van der Waals surface area contributed by atoms with Gasteiger partial charge in [-0.15, -0.1) is 0 Å². The molecule has 1 amide bonds. The molecule has 126 valence electrons. The standard InChI is InChI=1S/C17H23NO4S/c19-17(18-12-13-3-1-2-4-13)7-10-23(20)14-5-6-15-16(11-14)22-9-8-21-15/h5-6,11,13H,1-4,7-10,12H2,(H,18,19). The van der Waals surface area contributed by atoms with Crippen molar-refractivity contribution in [3.8, 4) is 11.5 Å². The van der Waals surface area contributed by atoms with Gasteiger partial charge in [0.05, 0.1) is 10.8 Å². The Morgan fingerprint density at radius 2 is 1.91 bits per heavy atom. The predicted octanol–water partition coefficient (Wildman–Crippen LogP) is 2.26. The van der Waals surface area contributed by atoms with E-state index in [1.54, 1.807) is 18.2 Å². The molecule has 2 aliphatic rings. The molecular formula is C17H23NO4S. The van der Waals surface area contributed by atoms with Crippen LogP contribution in [0.2, 0.25) is 0 Å². The quantitative estimate of drug-likeness (QED) is 0.865. The highest BCUT2D eigenvalue weighted by Gasteiger charge is 2.17. The molecule has 1 saturated carbocycles. The van der Waals surface area contributed by atoms with E-state index >= 15 is 0 Å². The van der Waals surface area contributed by atoms with Gasteiger partial charge in [-0.05, 0) is 30.9 Å². The van der Waals surface area contributed by atoms with E-state index in [-0.39, 0.29) is 12.3 Å². The van der Waals surface area contributed by atoms with Gasteiger partial charge in [0.2, 0.25) is 5.91 Å². The molecule has 1 aromatic rings. The zero-order chi connectivity index (χ0) is 16.1. The van der Waals surface area contributed by atoms with Gasteiger partial charge in [-0.2, -0.15) is 0 Å². The SMILES string of the molecule is O=C(CCS(=O)c1ccc2c(c1)OCCO2)NCC1CCCC1. The Balaban J connectivity index is 1.46. The smallest absolute Gasteiger partial charge is 0.220 e. The van der Waals surface area contributed by atoms with Gasteiger partial charge < -0.3 is 14.8 Å². The Labute approximate surface area is 139 Å². The average Bonchev–Trinajstić information content (AvgIpc) is 3.11. The summed E-state index contributed by atoms with van der Waals surface area (Å²) in [6.45, 7) is 1.80. The monoisotopic (exact) mass is 337 g/mol. The van der Waals surface area contributed by atoms with Crippen LogP contribution in [0.1, 0.15) is 32.1 Å². The number of carbonyl (C=O) groups excluding carboxylic acids is 1. The molecule has 0 saturated heterocycles. The minimum atomic E-state index is -1.20. The van der Waals surface area contributed by atoms with Crippen molar-refractivity contribution in [2.24, 2.45) is 5.92 Å². The van der Waals surface area contributed by atoms with Gasteiger partial charge in [0.15, 0.2) is 11.5 Å². The first-order valence-electron chi connectivity index (χ1n) is 8.27. The zero-order valence-electron chi connectivity index (χ0n) is 13.2. The van der Waals surface area contributed by atoms with Gasteiger partial charge in [-0.25, -0.2) is 0 Å². The number of rotatable bonds is 6. The Morgan fingerprint density at radius 3 is 2.70 bits per heavy atom. The Bertz CT molecular complexity index is 584. The summed E-state index contributed by atoms with van der Waals surface area (Å²) in [5.41, 5.74) is 0. The summed E-state index contributed by atoms with van der Waals surface area (Å²) in [4.78, 5) is 12.6. The molecule has 1 fully saturated rings.